The van der Waals surface area contributed by atoms with Gasteiger partial charge in [0.15, 0.2) is 0 Å². The number of hydrogen-bond donors (Lipinski definition) is 0. The summed E-state index contributed by atoms with van der Waals surface area (Å²) in [6, 6.07) is 10.0. The maximum Gasteiger partial charge on any atom is 0.310 e. The predicted molar refractivity (Wildman–Crippen MR) is 115 cm³/mol. The first-order chi connectivity index (χ1) is 14.5. The zero-order chi connectivity index (χ0) is 21.3. The van der Waals surface area contributed by atoms with Gasteiger partial charge in [0.25, 0.3) is 5.91 Å². The van der Waals surface area contributed by atoms with Gasteiger partial charge in [-0.15, -0.1) is 0 Å². The molecule has 2 fully saturated rings. The van der Waals surface area contributed by atoms with Crippen molar-refractivity contribution in [2.24, 2.45) is 5.92 Å². The second kappa shape index (κ2) is 8.62. The van der Waals surface area contributed by atoms with Crippen LogP contribution in [0.25, 0.3) is 5.69 Å². The lowest BCUT2D eigenvalue weighted by Crippen LogP contribution is -2.43. The third-order valence-electron chi connectivity index (χ3n) is 6.00. The number of esters is 1. The van der Waals surface area contributed by atoms with Gasteiger partial charge in [-0.25, -0.2) is 4.68 Å². The number of piperidine rings is 1. The first kappa shape index (κ1) is 20.6. The summed E-state index contributed by atoms with van der Waals surface area (Å²) in [5.41, 5.74) is 3.61. The summed E-state index contributed by atoms with van der Waals surface area (Å²) in [5, 5.41) is 4.94. The van der Waals surface area contributed by atoms with Gasteiger partial charge in [0.2, 0.25) is 0 Å². The van der Waals surface area contributed by atoms with Crippen LogP contribution in [-0.2, 0) is 9.53 Å². The smallest absolute Gasteiger partial charge is 0.310 e. The molecule has 0 N–H and O–H groups in total. The van der Waals surface area contributed by atoms with E-state index in [4.69, 9.17) is 9.84 Å². The van der Waals surface area contributed by atoms with Crippen molar-refractivity contribution >= 4 is 11.9 Å². The second-order valence-electron chi connectivity index (χ2n) is 8.66. The zero-order valence-corrected chi connectivity index (χ0v) is 18.1. The molecule has 1 aliphatic carbocycles. The van der Waals surface area contributed by atoms with Crippen molar-refractivity contribution in [3.8, 4) is 5.69 Å². The summed E-state index contributed by atoms with van der Waals surface area (Å²) in [4.78, 5) is 27.9. The van der Waals surface area contributed by atoms with E-state index in [1.54, 1.807) is 0 Å². The number of carbonyl (C=O) groups is 2. The first-order valence-corrected chi connectivity index (χ1v) is 11.1. The van der Waals surface area contributed by atoms with Gasteiger partial charge < -0.3 is 9.64 Å². The lowest BCUT2D eigenvalue weighted by molar-refractivity contribution is -0.149. The molecule has 2 aliphatic rings. The van der Waals surface area contributed by atoms with Crippen LogP contribution in [0.2, 0.25) is 0 Å². The zero-order valence-electron chi connectivity index (χ0n) is 18.1. The molecule has 1 aromatic heterocycles. The fourth-order valence-corrected chi connectivity index (χ4v) is 4.38. The number of carbonyl (C=O) groups excluding carboxylic acids is 2. The summed E-state index contributed by atoms with van der Waals surface area (Å²) in [7, 11) is 0. The van der Waals surface area contributed by atoms with Crippen LogP contribution < -0.4 is 0 Å². The molecule has 30 heavy (non-hydrogen) atoms. The van der Waals surface area contributed by atoms with Crippen LogP contribution in [0.4, 0.5) is 0 Å². The van der Waals surface area contributed by atoms with Crippen LogP contribution in [0.15, 0.2) is 30.3 Å². The predicted octanol–water partition coefficient (Wildman–Crippen LogP) is 4.29. The number of aromatic nitrogens is 2. The van der Waals surface area contributed by atoms with Crippen LogP contribution in [0.3, 0.4) is 0 Å². The van der Waals surface area contributed by atoms with Crippen LogP contribution >= 0.6 is 0 Å². The Kier molecular flexibility index (Phi) is 5.93. The molecule has 6 heteroatoms. The van der Waals surface area contributed by atoms with Gasteiger partial charge in [-0.2, -0.15) is 5.10 Å². The molecule has 1 saturated carbocycles. The van der Waals surface area contributed by atoms with Crippen molar-refractivity contribution in [2.45, 2.75) is 58.3 Å². The summed E-state index contributed by atoms with van der Waals surface area (Å²) >= 11 is 0. The molecule has 2 heterocycles. The van der Waals surface area contributed by atoms with Crippen LogP contribution in [0, 0.1) is 5.92 Å². The number of benzene rings is 1. The molecule has 0 radical (unpaired) electrons. The normalized spacial score (nSPS) is 19.2. The van der Waals surface area contributed by atoms with Gasteiger partial charge in [0.05, 0.1) is 35.2 Å². The minimum atomic E-state index is -0.237. The monoisotopic (exact) mass is 409 g/mol. The van der Waals surface area contributed by atoms with Crippen LogP contribution in [-0.4, -0.2) is 46.3 Å². The molecule has 0 bridgehead atoms. The molecule has 4 rings (SSSR count). The molecule has 0 spiro atoms. The third-order valence-corrected chi connectivity index (χ3v) is 6.00. The van der Waals surface area contributed by atoms with E-state index in [-0.39, 0.29) is 23.7 Å². The van der Waals surface area contributed by atoms with E-state index in [0.29, 0.717) is 25.6 Å². The molecule has 2 aromatic rings. The first-order valence-electron chi connectivity index (χ1n) is 11.1. The van der Waals surface area contributed by atoms with E-state index in [2.05, 4.69) is 13.8 Å². The van der Waals surface area contributed by atoms with Gasteiger partial charge in [0, 0.05) is 19.0 Å². The average molecular weight is 410 g/mol. The third kappa shape index (κ3) is 4.00. The summed E-state index contributed by atoms with van der Waals surface area (Å²) in [5.74, 6) is 0.0869. The lowest BCUT2D eigenvalue weighted by Gasteiger charge is -2.32. The maximum atomic E-state index is 13.8. The second-order valence-corrected chi connectivity index (χ2v) is 8.66. The van der Waals surface area contributed by atoms with Crippen molar-refractivity contribution in [1.29, 1.82) is 0 Å². The van der Waals surface area contributed by atoms with Crippen molar-refractivity contribution in [3.63, 3.8) is 0 Å². The molecule has 1 unspecified atom stereocenters. The highest BCUT2D eigenvalue weighted by Crippen LogP contribution is 2.43. The minimum absolute atomic E-state index is 0.0109. The average Bonchev–Trinajstić information content (AvgIpc) is 3.53. The maximum absolute atomic E-state index is 13.8. The Bertz CT molecular complexity index is 915. The fourth-order valence-electron chi connectivity index (χ4n) is 4.38. The topological polar surface area (TPSA) is 64.4 Å². The molecular formula is C24H31N3O3. The van der Waals surface area contributed by atoms with Crippen LogP contribution in [0.1, 0.15) is 80.0 Å². The number of ether oxygens (including phenoxy) is 1. The Morgan fingerprint density at radius 3 is 2.53 bits per heavy atom. The molecule has 1 amide bonds. The van der Waals surface area contributed by atoms with E-state index in [0.717, 1.165) is 48.3 Å². The highest BCUT2D eigenvalue weighted by atomic mass is 16.5. The Morgan fingerprint density at radius 2 is 1.90 bits per heavy atom. The summed E-state index contributed by atoms with van der Waals surface area (Å²) in [6.07, 6.45) is 3.75. The number of rotatable bonds is 6. The van der Waals surface area contributed by atoms with Gasteiger partial charge in [-0.3, -0.25) is 9.59 Å². The SMILES string of the molecule is CCOC(=O)C1CCCN(C(=O)c2c(C3CC3)nn(-c3ccccc3)c2C(C)C)C1. The molecule has 160 valence electrons. The van der Waals surface area contributed by atoms with Crippen molar-refractivity contribution in [1.82, 2.24) is 14.7 Å². The van der Waals surface area contributed by atoms with E-state index in [9.17, 15) is 9.59 Å². The molecule has 1 saturated heterocycles. The molecular weight excluding hydrogens is 378 g/mol. The standard InChI is InChI=1S/C24H31N3O3/c1-4-30-24(29)18-9-8-14-26(15-18)23(28)20-21(17-12-13-17)25-27(22(20)16(2)3)19-10-6-5-7-11-19/h5-7,10-11,16-18H,4,8-9,12-15H2,1-3H3. The Balaban J connectivity index is 1.71. The van der Waals surface area contributed by atoms with E-state index >= 15 is 0 Å². The number of nitrogens with zero attached hydrogens (tertiary/aromatic N) is 3. The highest BCUT2D eigenvalue weighted by molar-refractivity contribution is 5.97. The van der Waals surface area contributed by atoms with E-state index in [1.807, 2.05) is 46.8 Å². The van der Waals surface area contributed by atoms with Gasteiger partial charge in [-0.1, -0.05) is 32.0 Å². The number of para-hydroxylation sites is 1. The van der Waals surface area contributed by atoms with Crippen molar-refractivity contribution in [3.05, 3.63) is 47.3 Å². The van der Waals surface area contributed by atoms with E-state index < -0.39 is 0 Å². The molecule has 1 aromatic carbocycles. The fraction of sp³-hybridized carbons (Fsp3) is 0.542. The van der Waals surface area contributed by atoms with Crippen molar-refractivity contribution in [2.75, 3.05) is 19.7 Å². The minimum Gasteiger partial charge on any atom is -0.466 e. The largest absolute Gasteiger partial charge is 0.466 e. The highest BCUT2D eigenvalue weighted by Gasteiger charge is 2.38. The van der Waals surface area contributed by atoms with Gasteiger partial charge in [0.1, 0.15) is 0 Å². The Labute approximate surface area is 178 Å². The number of amides is 1. The number of hydrogen-bond acceptors (Lipinski definition) is 4. The van der Waals surface area contributed by atoms with E-state index in [1.165, 1.54) is 0 Å². The molecule has 6 nitrogen and oxygen atoms in total. The Hall–Kier alpha value is -2.63. The quantitative estimate of drug-likeness (QED) is 0.668. The Morgan fingerprint density at radius 1 is 1.17 bits per heavy atom. The van der Waals surface area contributed by atoms with Crippen molar-refractivity contribution < 1.29 is 14.3 Å². The van der Waals surface area contributed by atoms with Gasteiger partial charge in [-0.05, 0) is 50.7 Å². The van der Waals surface area contributed by atoms with Crippen LogP contribution in [0.5, 0.6) is 0 Å². The summed E-state index contributed by atoms with van der Waals surface area (Å²) < 4.78 is 7.17. The lowest BCUT2D eigenvalue weighted by atomic mass is 9.95. The molecule has 1 aliphatic heterocycles. The summed E-state index contributed by atoms with van der Waals surface area (Å²) in [6.45, 7) is 7.51. The van der Waals surface area contributed by atoms with Gasteiger partial charge >= 0.3 is 5.97 Å². The number of likely N-dealkylation sites (tertiary alicyclic amines) is 1. The molecule has 1 atom stereocenters.